The van der Waals surface area contributed by atoms with Crippen molar-refractivity contribution in [3.63, 3.8) is 0 Å². The molecule has 2 fully saturated rings. The lowest BCUT2D eigenvalue weighted by Crippen LogP contribution is -2.51. The van der Waals surface area contributed by atoms with Gasteiger partial charge in [-0.3, -0.25) is 14.7 Å². The number of nitrogens with one attached hydrogen (secondary N) is 3. The van der Waals surface area contributed by atoms with Gasteiger partial charge in [0.2, 0.25) is 5.91 Å². The minimum Gasteiger partial charge on any atom is -0.469 e. The number of hydrogen-bond acceptors (Lipinski definition) is 4. The molecule has 2 heterocycles. The molecule has 1 aromatic rings. The van der Waals surface area contributed by atoms with Crippen LogP contribution in [-0.4, -0.2) is 61.6 Å². The van der Waals surface area contributed by atoms with Crippen LogP contribution >= 0.6 is 24.0 Å². The van der Waals surface area contributed by atoms with Crippen LogP contribution < -0.4 is 16.0 Å². The lowest BCUT2D eigenvalue weighted by Gasteiger charge is -2.33. The van der Waals surface area contributed by atoms with Gasteiger partial charge in [0, 0.05) is 44.7 Å². The zero-order valence-electron chi connectivity index (χ0n) is 18.2. The summed E-state index contributed by atoms with van der Waals surface area (Å²) in [5, 5.41) is 10.3. The molecule has 0 atom stereocenters. The third-order valence-electron chi connectivity index (χ3n) is 5.77. The Bertz CT molecular complexity index is 623. The minimum absolute atomic E-state index is 0. The quantitative estimate of drug-likeness (QED) is 0.260. The Morgan fingerprint density at radius 3 is 2.50 bits per heavy atom. The predicted molar refractivity (Wildman–Crippen MR) is 131 cm³/mol. The molecule has 1 amide bonds. The Labute approximate surface area is 197 Å². The highest BCUT2D eigenvalue weighted by Gasteiger charge is 2.23. The van der Waals surface area contributed by atoms with Crippen molar-refractivity contribution in [2.75, 3.05) is 32.7 Å². The maximum absolute atomic E-state index is 11.9. The molecule has 2 aliphatic rings. The Morgan fingerprint density at radius 2 is 1.87 bits per heavy atom. The van der Waals surface area contributed by atoms with E-state index in [4.69, 9.17) is 9.41 Å². The summed E-state index contributed by atoms with van der Waals surface area (Å²) >= 11 is 0. The number of aliphatic imine (C=N–C) groups is 1. The molecule has 7 nitrogen and oxygen atoms in total. The van der Waals surface area contributed by atoms with Crippen molar-refractivity contribution in [2.45, 2.75) is 70.4 Å². The van der Waals surface area contributed by atoms with E-state index in [9.17, 15) is 4.79 Å². The van der Waals surface area contributed by atoms with Gasteiger partial charge in [-0.25, -0.2) is 0 Å². The third-order valence-corrected chi connectivity index (χ3v) is 5.77. The van der Waals surface area contributed by atoms with E-state index in [-0.39, 0.29) is 29.9 Å². The molecule has 0 unspecified atom stereocenters. The number of halogens is 1. The van der Waals surface area contributed by atoms with Crippen molar-refractivity contribution < 1.29 is 9.21 Å². The Morgan fingerprint density at radius 1 is 1.17 bits per heavy atom. The van der Waals surface area contributed by atoms with Gasteiger partial charge in [-0.15, -0.1) is 24.0 Å². The monoisotopic (exact) mass is 531 g/mol. The first-order chi connectivity index (χ1) is 14.2. The molecule has 0 bridgehead atoms. The fourth-order valence-electron chi connectivity index (χ4n) is 4.08. The molecule has 0 aromatic carbocycles. The number of carbonyl (C=O) groups is 1. The minimum atomic E-state index is 0. The van der Waals surface area contributed by atoms with Crippen LogP contribution in [0.3, 0.4) is 0 Å². The summed E-state index contributed by atoms with van der Waals surface area (Å²) in [6, 6.07) is 4.86. The number of furan rings is 1. The van der Waals surface area contributed by atoms with Gasteiger partial charge in [-0.05, 0) is 44.2 Å². The van der Waals surface area contributed by atoms with Crippen LogP contribution in [-0.2, 0) is 11.2 Å². The summed E-state index contributed by atoms with van der Waals surface area (Å²) in [5.74, 6) is 2.05. The summed E-state index contributed by atoms with van der Waals surface area (Å²) in [6.07, 6.45) is 10.6. The smallest absolute Gasteiger partial charge is 0.234 e. The zero-order valence-corrected chi connectivity index (χ0v) is 20.5. The first-order valence-electron chi connectivity index (χ1n) is 11.3. The molecule has 8 heteroatoms. The van der Waals surface area contributed by atoms with Gasteiger partial charge in [-0.2, -0.15) is 0 Å². The van der Waals surface area contributed by atoms with E-state index in [1.54, 1.807) is 6.26 Å². The normalized spacial score (nSPS) is 18.8. The van der Waals surface area contributed by atoms with Crippen LogP contribution in [0.25, 0.3) is 0 Å². The molecule has 30 heavy (non-hydrogen) atoms. The zero-order chi connectivity index (χ0) is 20.3. The number of hydrogen-bond donors (Lipinski definition) is 3. The second-order valence-corrected chi connectivity index (χ2v) is 8.23. The first-order valence-corrected chi connectivity index (χ1v) is 11.3. The second-order valence-electron chi connectivity index (χ2n) is 8.23. The highest BCUT2D eigenvalue weighted by molar-refractivity contribution is 14.0. The topological polar surface area (TPSA) is 81.9 Å². The van der Waals surface area contributed by atoms with E-state index in [1.807, 2.05) is 12.1 Å². The number of piperidine rings is 1. The van der Waals surface area contributed by atoms with Crippen molar-refractivity contribution in [1.29, 1.82) is 0 Å². The van der Waals surface area contributed by atoms with E-state index in [0.29, 0.717) is 25.2 Å². The number of rotatable bonds is 9. The summed E-state index contributed by atoms with van der Waals surface area (Å²) in [4.78, 5) is 19.0. The summed E-state index contributed by atoms with van der Waals surface area (Å²) in [6.45, 7) is 5.95. The first kappa shape index (κ1) is 25.0. The van der Waals surface area contributed by atoms with Crippen LogP contribution in [0.1, 0.15) is 57.6 Å². The van der Waals surface area contributed by atoms with Crippen molar-refractivity contribution in [3.05, 3.63) is 24.2 Å². The van der Waals surface area contributed by atoms with Crippen molar-refractivity contribution in [3.8, 4) is 0 Å². The largest absolute Gasteiger partial charge is 0.469 e. The van der Waals surface area contributed by atoms with Crippen molar-refractivity contribution >= 4 is 35.8 Å². The van der Waals surface area contributed by atoms with Gasteiger partial charge >= 0.3 is 0 Å². The van der Waals surface area contributed by atoms with Crippen LogP contribution in [0.5, 0.6) is 0 Å². The van der Waals surface area contributed by atoms with Crippen LogP contribution in [0.2, 0.25) is 0 Å². The number of amides is 1. The van der Waals surface area contributed by atoms with Crippen LogP contribution in [0, 0.1) is 0 Å². The standard InChI is InChI=1S/C22H37N5O2.HI/c1-2-12-23-21(28)17-27-14-10-19(11-15-27)26-22(25-18-6-3-4-7-18)24-13-9-20-8-5-16-29-20;/h5,8,16,18-19H,2-4,6-7,9-15,17H2,1H3,(H,23,28)(H2,24,25,26);1H. The third kappa shape index (κ3) is 8.83. The van der Waals surface area contributed by atoms with Gasteiger partial charge in [0.1, 0.15) is 5.76 Å². The average Bonchev–Trinajstić information content (AvgIpc) is 3.42. The van der Waals surface area contributed by atoms with E-state index in [2.05, 4.69) is 27.8 Å². The molecular formula is C22H38IN5O2. The van der Waals surface area contributed by atoms with Gasteiger partial charge in [0.05, 0.1) is 12.8 Å². The SMILES string of the molecule is CCCNC(=O)CN1CCC(NC(=NCCc2ccco2)NC2CCCC2)CC1.I. The Kier molecular flexibility index (Phi) is 11.6. The highest BCUT2D eigenvalue weighted by atomic mass is 127. The van der Waals surface area contributed by atoms with Gasteiger partial charge < -0.3 is 20.4 Å². The number of guanidine groups is 1. The number of likely N-dealkylation sites (tertiary alicyclic amines) is 1. The molecule has 1 saturated carbocycles. The van der Waals surface area contributed by atoms with Gasteiger partial charge in [0.25, 0.3) is 0 Å². The molecule has 1 aliphatic carbocycles. The lowest BCUT2D eigenvalue weighted by atomic mass is 10.1. The molecule has 1 saturated heterocycles. The second kappa shape index (κ2) is 13.9. The molecule has 3 N–H and O–H groups in total. The molecule has 0 spiro atoms. The summed E-state index contributed by atoms with van der Waals surface area (Å²) in [5.41, 5.74) is 0. The fourth-order valence-corrected chi connectivity index (χ4v) is 4.08. The Balaban J connectivity index is 0.00000320. The maximum atomic E-state index is 11.9. The average molecular weight is 531 g/mol. The van der Waals surface area contributed by atoms with Gasteiger partial charge in [-0.1, -0.05) is 19.8 Å². The lowest BCUT2D eigenvalue weighted by molar-refractivity contribution is -0.122. The number of carbonyl (C=O) groups excluding carboxylic acids is 1. The van der Waals surface area contributed by atoms with Gasteiger partial charge in [0.15, 0.2) is 5.96 Å². The Hall–Kier alpha value is -1.29. The molecule has 170 valence electrons. The maximum Gasteiger partial charge on any atom is 0.234 e. The summed E-state index contributed by atoms with van der Waals surface area (Å²) in [7, 11) is 0. The van der Waals surface area contributed by atoms with E-state index >= 15 is 0 Å². The molecule has 3 rings (SSSR count). The predicted octanol–water partition coefficient (Wildman–Crippen LogP) is 2.91. The van der Waals surface area contributed by atoms with E-state index < -0.39 is 0 Å². The van der Waals surface area contributed by atoms with E-state index in [1.165, 1.54) is 25.7 Å². The molecule has 0 radical (unpaired) electrons. The highest BCUT2D eigenvalue weighted by Crippen LogP contribution is 2.18. The van der Waals surface area contributed by atoms with E-state index in [0.717, 1.165) is 57.0 Å². The molecule has 1 aromatic heterocycles. The molecule has 1 aliphatic heterocycles. The fraction of sp³-hybridized carbons (Fsp3) is 0.727. The summed E-state index contributed by atoms with van der Waals surface area (Å²) < 4.78 is 5.42. The number of nitrogens with zero attached hydrogens (tertiary/aromatic N) is 2. The van der Waals surface area contributed by atoms with Crippen molar-refractivity contribution in [1.82, 2.24) is 20.9 Å². The molecular weight excluding hydrogens is 493 g/mol. The van der Waals surface area contributed by atoms with Crippen molar-refractivity contribution in [2.24, 2.45) is 4.99 Å². The van der Waals surface area contributed by atoms with Crippen LogP contribution in [0.15, 0.2) is 27.8 Å². The van der Waals surface area contributed by atoms with Crippen LogP contribution in [0.4, 0.5) is 0 Å².